The van der Waals surface area contributed by atoms with E-state index >= 15 is 0 Å². The maximum absolute atomic E-state index is 12.6. The van der Waals surface area contributed by atoms with Crippen LogP contribution in [0, 0.1) is 5.92 Å². The van der Waals surface area contributed by atoms with E-state index in [0.717, 1.165) is 12.8 Å². The summed E-state index contributed by atoms with van der Waals surface area (Å²) in [5.41, 5.74) is 3.99. The van der Waals surface area contributed by atoms with Crippen LogP contribution < -0.4 is 5.32 Å². The van der Waals surface area contributed by atoms with Crippen molar-refractivity contribution in [3.05, 3.63) is 65.2 Å². The molecule has 2 aromatic rings. The molecule has 0 saturated carbocycles. The number of rotatable bonds is 3. The highest BCUT2D eigenvalue weighted by atomic mass is 16.1. The van der Waals surface area contributed by atoms with Gasteiger partial charge in [-0.15, -0.1) is 0 Å². The van der Waals surface area contributed by atoms with E-state index in [1.165, 1.54) is 18.1 Å². The fourth-order valence-electron chi connectivity index (χ4n) is 2.90. The molecule has 2 aromatic carbocycles. The Labute approximate surface area is 124 Å². The van der Waals surface area contributed by atoms with Crippen LogP contribution in [-0.2, 0) is 17.6 Å². The molecule has 0 aromatic heterocycles. The molecule has 0 saturated heterocycles. The van der Waals surface area contributed by atoms with Crippen LogP contribution in [0.1, 0.15) is 28.4 Å². The van der Waals surface area contributed by atoms with Crippen molar-refractivity contribution in [2.75, 3.05) is 5.32 Å². The SMILES string of the molecule is CC(=O)Nc1ccc(C(=O)C2Cc3ccccc3C2)cc1. The molecule has 1 aliphatic carbocycles. The average Bonchev–Trinajstić information content (AvgIpc) is 2.90. The molecule has 0 heterocycles. The number of amides is 1. The molecule has 0 aliphatic heterocycles. The average molecular weight is 279 g/mol. The molecule has 3 nitrogen and oxygen atoms in total. The molecule has 0 bridgehead atoms. The summed E-state index contributed by atoms with van der Waals surface area (Å²) >= 11 is 0. The van der Waals surface area contributed by atoms with Crippen LogP contribution in [0.3, 0.4) is 0 Å². The van der Waals surface area contributed by atoms with E-state index in [-0.39, 0.29) is 17.6 Å². The van der Waals surface area contributed by atoms with Crippen molar-refractivity contribution in [2.45, 2.75) is 19.8 Å². The minimum atomic E-state index is -0.111. The molecule has 0 fully saturated rings. The maximum Gasteiger partial charge on any atom is 0.221 e. The highest BCUT2D eigenvalue weighted by molar-refractivity contribution is 5.99. The minimum Gasteiger partial charge on any atom is -0.326 e. The predicted molar refractivity (Wildman–Crippen MR) is 82.4 cm³/mol. The van der Waals surface area contributed by atoms with Crippen molar-refractivity contribution in [3.63, 3.8) is 0 Å². The van der Waals surface area contributed by atoms with Crippen LogP contribution in [-0.4, -0.2) is 11.7 Å². The van der Waals surface area contributed by atoms with E-state index in [4.69, 9.17) is 0 Å². The summed E-state index contributed by atoms with van der Waals surface area (Å²) in [6.07, 6.45) is 1.64. The zero-order valence-corrected chi connectivity index (χ0v) is 11.9. The van der Waals surface area contributed by atoms with Crippen molar-refractivity contribution in [2.24, 2.45) is 5.92 Å². The number of carbonyl (C=O) groups excluding carboxylic acids is 2. The van der Waals surface area contributed by atoms with Gasteiger partial charge in [0.05, 0.1) is 0 Å². The molecule has 1 aliphatic rings. The lowest BCUT2D eigenvalue weighted by Gasteiger charge is -2.09. The van der Waals surface area contributed by atoms with Gasteiger partial charge in [-0.2, -0.15) is 0 Å². The van der Waals surface area contributed by atoms with Gasteiger partial charge in [0, 0.05) is 24.1 Å². The smallest absolute Gasteiger partial charge is 0.221 e. The fourth-order valence-corrected chi connectivity index (χ4v) is 2.90. The van der Waals surface area contributed by atoms with Gasteiger partial charge in [-0.3, -0.25) is 9.59 Å². The topological polar surface area (TPSA) is 46.2 Å². The number of ketones is 1. The number of anilines is 1. The van der Waals surface area contributed by atoms with Crippen LogP contribution in [0.4, 0.5) is 5.69 Å². The Morgan fingerprint density at radius 1 is 0.952 bits per heavy atom. The van der Waals surface area contributed by atoms with Crippen LogP contribution in [0.2, 0.25) is 0 Å². The van der Waals surface area contributed by atoms with Gasteiger partial charge in [0.15, 0.2) is 5.78 Å². The number of nitrogens with one attached hydrogen (secondary N) is 1. The number of fused-ring (bicyclic) bond motifs is 1. The summed E-state index contributed by atoms with van der Waals surface area (Å²) in [4.78, 5) is 23.6. The van der Waals surface area contributed by atoms with Gasteiger partial charge >= 0.3 is 0 Å². The quantitative estimate of drug-likeness (QED) is 0.877. The maximum atomic E-state index is 12.6. The monoisotopic (exact) mass is 279 g/mol. The molecule has 0 unspecified atom stereocenters. The van der Waals surface area contributed by atoms with E-state index in [1.807, 2.05) is 12.1 Å². The Morgan fingerprint density at radius 3 is 2.05 bits per heavy atom. The molecule has 0 spiro atoms. The summed E-state index contributed by atoms with van der Waals surface area (Å²) in [5, 5.41) is 2.70. The van der Waals surface area contributed by atoms with E-state index < -0.39 is 0 Å². The third-order valence-electron chi connectivity index (χ3n) is 3.91. The van der Waals surface area contributed by atoms with Crippen LogP contribution in [0.15, 0.2) is 48.5 Å². The van der Waals surface area contributed by atoms with Crippen molar-refractivity contribution < 1.29 is 9.59 Å². The molecular weight excluding hydrogens is 262 g/mol. The van der Waals surface area contributed by atoms with Crippen LogP contribution >= 0.6 is 0 Å². The lowest BCUT2D eigenvalue weighted by Crippen LogP contribution is -2.15. The van der Waals surface area contributed by atoms with Gasteiger partial charge in [0.1, 0.15) is 0 Å². The molecule has 1 amide bonds. The largest absolute Gasteiger partial charge is 0.326 e. The van der Waals surface area contributed by atoms with Gasteiger partial charge in [0.2, 0.25) is 5.91 Å². The highest BCUT2D eigenvalue weighted by Gasteiger charge is 2.27. The second kappa shape index (κ2) is 5.52. The molecule has 0 atom stereocenters. The van der Waals surface area contributed by atoms with Crippen molar-refractivity contribution >= 4 is 17.4 Å². The van der Waals surface area contributed by atoms with Gasteiger partial charge in [-0.25, -0.2) is 0 Å². The number of benzene rings is 2. The molecule has 3 rings (SSSR count). The standard InChI is InChI=1S/C18H17NO2/c1-12(20)19-17-8-6-13(7-9-17)18(21)16-10-14-4-2-3-5-15(14)11-16/h2-9,16H,10-11H2,1H3,(H,19,20). The van der Waals surface area contributed by atoms with E-state index in [0.29, 0.717) is 11.3 Å². The normalized spacial score (nSPS) is 13.8. The molecule has 3 heteroatoms. The minimum absolute atomic E-state index is 0.0361. The molecule has 106 valence electrons. The van der Waals surface area contributed by atoms with Crippen molar-refractivity contribution in [3.8, 4) is 0 Å². The van der Waals surface area contributed by atoms with Crippen molar-refractivity contribution in [1.82, 2.24) is 0 Å². The lowest BCUT2D eigenvalue weighted by molar-refractivity contribution is -0.114. The summed E-state index contributed by atoms with van der Waals surface area (Å²) in [5.74, 6) is 0.106. The third-order valence-corrected chi connectivity index (χ3v) is 3.91. The predicted octanol–water partition coefficient (Wildman–Crippen LogP) is 3.24. The second-order valence-corrected chi connectivity index (χ2v) is 5.50. The van der Waals surface area contributed by atoms with E-state index in [1.54, 1.807) is 24.3 Å². The first-order valence-electron chi connectivity index (χ1n) is 7.12. The zero-order chi connectivity index (χ0) is 14.8. The Bertz CT molecular complexity index is 664. The molecule has 21 heavy (non-hydrogen) atoms. The zero-order valence-electron chi connectivity index (χ0n) is 11.9. The summed E-state index contributed by atoms with van der Waals surface area (Å²) in [6.45, 7) is 1.47. The van der Waals surface area contributed by atoms with E-state index in [9.17, 15) is 9.59 Å². The summed E-state index contributed by atoms with van der Waals surface area (Å²) in [7, 11) is 0. The number of hydrogen-bond donors (Lipinski definition) is 1. The number of carbonyl (C=O) groups is 2. The van der Waals surface area contributed by atoms with Crippen LogP contribution in [0.25, 0.3) is 0 Å². The number of hydrogen-bond acceptors (Lipinski definition) is 2. The van der Waals surface area contributed by atoms with Gasteiger partial charge in [0.25, 0.3) is 0 Å². The van der Waals surface area contributed by atoms with Crippen molar-refractivity contribution in [1.29, 1.82) is 0 Å². The fraction of sp³-hybridized carbons (Fsp3) is 0.222. The Hall–Kier alpha value is -2.42. The molecular formula is C18H17NO2. The first-order chi connectivity index (χ1) is 10.1. The first-order valence-corrected chi connectivity index (χ1v) is 7.12. The number of Topliss-reactive ketones (excluding diaryl/α,β-unsaturated/α-hetero) is 1. The molecule has 0 radical (unpaired) electrons. The van der Waals surface area contributed by atoms with Crippen LogP contribution in [0.5, 0.6) is 0 Å². The third kappa shape index (κ3) is 2.87. The first kappa shape index (κ1) is 13.6. The Balaban J connectivity index is 1.73. The van der Waals surface area contributed by atoms with E-state index in [2.05, 4.69) is 17.4 Å². The molecule has 1 N–H and O–H groups in total. The summed E-state index contributed by atoms with van der Waals surface area (Å²) in [6, 6.07) is 15.4. The second-order valence-electron chi connectivity index (χ2n) is 5.50. The Morgan fingerprint density at radius 2 is 1.52 bits per heavy atom. The Kier molecular flexibility index (Phi) is 3.57. The van der Waals surface area contributed by atoms with Gasteiger partial charge in [-0.1, -0.05) is 24.3 Å². The highest BCUT2D eigenvalue weighted by Crippen LogP contribution is 2.29. The lowest BCUT2D eigenvalue weighted by atomic mass is 9.95. The van der Waals surface area contributed by atoms with Gasteiger partial charge in [-0.05, 0) is 48.2 Å². The summed E-state index contributed by atoms with van der Waals surface area (Å²) < 4.78 is 0. The van der Waals surface area contributed by atoms with Gasteiger partial charge < -0.3 is 5.32 Å².